The van der Waals surface area contributed by atoms with Crippen LogP contribution in [0.15, 0.2) is 115 Å². The molecule has 29 heteroatoms. The zero-order valence-electron chi connectivity index (χ0n) is 32.4. The first-order chi connectivity index (χ1) is 27.0. The Bertz CT molecular complexity index is 2850. The Morgan fingerprint density at radius 2 is 0.758 bits per heavy atom. The number of Topliss-reactive ketones (excluding diaryl/α,β-unsaturated/α-hetero) is 2. The first-order valence-corrected chi connectivity index (χ1v) is 21.2. The van der Waals surface area contributed by atoms with Crippen LogP contribution in [0.1, 0.15) is 31.8 Å². The Kier molecular flexibility index (Phi) is 19.5. The van der Waals surface area contributed by atoms with Crippen molar-refractivity contribution in [2.45, 2.75) is 9.79 Å². The summed E-state index contributed by atoms with van der Waals surface area (Å²) in [6.07, 6.45) is 1.68. The van der Waals surface area contributed by atoms with Crippen LogP contribution in [0.3, 0.4) is 0 Å². The van der Waals surface area contributed by atoms with E-state index in [2.05, 4.69) is 31.7 Å². The van der Waals surface area contributed by atoms with Crippen molar-refractivity contribution in [3.8, 4) is 0 Å². The fraction of sp³-hybridized carbons (Fsp3) is 0. The smallest absolute Gasteiger partial charge is 0.744 e. The maximum absolute atomic E-state index is 13.3. The molecule has 0 aliphatic heterocycles. The van der Waals surface area contributed by atoms with Crippen molar-refractivity contribution in [1.29, 1.82) is 0 Å². The van der Waals surface area contributed by atoms with Gasteiger partial charge in [0.2, 0.25) is 11.6 Å². The fourth-order valence-corrected chi connectivity index (χ4v) is 7.58. The van der Waals surface area contributed by atoms with Crippen molar-refractivity contribution in [2.75, 3.05) is 21.5 Å². The van der Waals surface area contributed by atoms with E-state index in [4.69, 9.17) is 0 Å². The molecule has 0 bridgehead atoms. The molecule has 4 N–H and O–H groups in total. The van der Waals surface area contributed by atoms with Crippen LogP contribution < -0.4 is 140 Å². The molecule has 2 aliphatic carbocycles. The van der Waals surface area contributed by atoms with Crippen molar-refractivity contribution >= 4 is 104 Å². The van der Waals surface area contributed by atoms with Crippen LogP contribution in [0, 0.1) is 0 Å². The second kappa shape index (κ2) is 21.7. The van der Waals surface area contributed by atoms with E-state index in [1.165, 1.54) is 36.4 Å². The molecule has 2 amide bonds. The molecule has 6 rings (SSSR count). The molecular weight excluding hydrogens is 941 g/mol. The molecule has 0 heterocycles. The van der Waals surface area contributed by atoms with Crippen molar-refractivity contribution in [1.82, 2.24) is 0 Å². The molecule has 0 aromatic heterocycles. The number of hydrogen-bond donors (Lipinski definition) is 4. The van der Waals surface area contributed by atoms with Crippen LogP contribution in [-0.4, -0.2) is 80.9 Å². The van der Waals surface area contributed by atoms with Gasteiger partial charge in [0.25, 0.3) is 0 Å². The van der Waals surface area contributed by atoms with Crippen LogP contribution in [0.2, 0.25) is 0 Å². The standard InChI is InChI=1S/C33H24N6O15S4.4Na/c40-31-25-11-5-21(13-17(25)15-27(57(49,50)51)29(31)38-36-19-1-7-23(8-2-19)55(43,44)45)34-33(42)35-22-6-12-26-18(14-22)16-28(58(52,53)54)30(32(26)41)39-37-20-3-9-24(10-4-20)56(46,47)48;;;;/h1-16,36-37H,(H2,34,35,42)(H,43,44,45)(H,46,47,48)(H,49,50,51)(H,52,53,54);;;;/q;4*+1/p-4/b38-29+,39-30+;;;;. The average molecular weight is 961 g/mol. The van der Waals surface area contributed by atoms with Gasteiger partial charge in [0, 0.05) is 22.5 Å². The molecule has 62 heavy (non-hydrogen) atoms. The number of hydrazone groups is 2. The first-order valence-electron chi connectivity index (χ1n) is 15.6. The van der Waals surface area contributed by atoms with Gasteiger partial charge in [-0.05, 0) is 108 Å². The SMILES string of the molecule is O=C(Nc1ccc2c(c1)C=C(S(=O)(=O)[O-])/C(=N\Nc1ccc(S(=O)(=O)[O-])cc1)C2=O)Nc1ccc2c(c1)C=C(S(=O)(=O)[O-])/C(=N\Nc1ccc(S(=O)(=O)[O-])cc1)C2=O.[Na+].[Na+].[Na+].[Na+]. The third kappa shape index (κ3) is 13.3. The number of benzene rings is 4. The number of anilines is 4. The zero-order chi connectivity index (χ0) is 42.4. The largest absolute Gasteiger partial charge is 1.00 e. The van der Waals surface area contributed by atoms with Gasteiger partial charge in [-0.1, -0.05) is 0 Å². The quantitative estimate of drug-likeness (QED) is 0.0651. The van der Waals surface area contributed by atoms with Crippen molar-refractivity contribution in [3.63, 3.8) is 0 Å². The Morgan fingerprint density at radius 3 is 1.05 bits per heavy atom. The van der Waals surface area contributed by atoms with Crippen molar-refractivity contribution < 1.29 is 184 Å². The van der Waals surface area contributed by atoms with Gasteiger partial charge in [0.05, 0.1) is 31.0 Å². The molecule has 0 saturated heterocycles. The van der Waals surface area contributed by atoms with Gasteiger partial charge < -0.3 is 28.8 Å². The Labute approximate surface area is 441 Å². The van der Waals surface area contributed by atoms with Crippen molar-refractivity contribution in [3.05, 3.63) is 117 Å². The number of ketones is 2. The van der Waals surface area contributed by atoms with Gasteiger partial charge in [-0.15, -0.1) is 0 Å². The number of carbonyl (C=O) groups excluding carboxylic acids is 3. The van der Waals surface area contributed by atoms with Gasteiger partial charge >= 0.3 is 124 Å². The number of urea groups is 1. The Hall–Kier alpha value is -2.45. The van der Waals surface area contributed by atoms with Gasteiger partial charge in [-0.3, -0.25) is 20.4 Å². The summed E-state index contributed by atoms with van der Waals surface area (Å²) in [5, 5.41) is 12.3. The van der Waals surface area contributed by atoms with E-state index in [9.17, 15) is 66.3 Å². The number of allylic oxidation sites excluding steroid dienone is 2. The van der Waals surface area contributed by atoms with E-state index >= 15 is 0 Å². The molecule has 0 radical (unpaired) electrons. The normalized spacial score (nSPS) is 14.8. The number of rotatable bonds is 10. The number of nitrogens with zero attached hydrogens (tertiary/aromatic N) is 2. The predicted octanol–water partition coefficient (Wildman–Crippen LogP) is -9.74. The molecular formula is C33H20N6Na4O15S4. The van der Waals surface area contributed by atoms with Gasteiger partial charge in [-0.2, -0.15) is 10.2 Å². The minimum atomic E-state index is -5.33. The molecule has 21 nitrogen and oxygen atoms in total. The van der Waals surface area contributed by atoms with Crippen LogP contribution >= 0.6 is 0 Å². The summed E-state index contributed by atoms with van der Waals surface area (Å²) in [5.41, 5.74) is 2.59. The fourth-order valence-electron chi connectivity index (χ4n) is 5.35. The molecule has 0 atom stereocenters. The third-order valence-corrected chi connectivity index (χ3v) is 11.4. The molecule has 2 aliphatic rings. The minimum absolute atomic E-state index is 0. The molecule has 0 fully saturated rings. The second-order valence-electron chi connectivity index (χ2n) is 11.9. The Morgan fingerprint density at radius 1 is 0.452 bits per heavy atom. The van der Waals surface area contributed by atoms with Crippen molar-refractivity contribution in [2.24, 2.45) is 10.2 Å². The predicted molar refractivity (Wildman–Crippen MR) is 200 cm³/mol. The first kappa shape index (κ1) is 55.7. The van der Waals surface area contributed by atoms with Crippen LogP contribution in [-0.2, 0) is 40.5 Å². The van der Waals surface area contributed by atoms with Crippen LogP contribution in [0.25, 0.3) is 12.2 Å². The summed E-state index contributed by atoms with van der Waals surface area (Å²) in [7, 11) is -20.2. The maximum Gasteiger partial charge on any atom is 1.00 e. The summed E-state index contributed by atoms with van der Waals surface area (Å²) in [6, 6.07) is 14.5. The van der Waals surface area contributed by atoms with E-state index in [1.54, 1.807) is 0 Å². The number of carbonyl (C=O) groups is 3. The summed E-state index contributed by atoms with van der Waals surface area (Å²) in [5.74, 6) is -2.03. The number of fused-ring (bicyclic) bond motifs is 2. The monoisotopic (exact) mass is 960 g/mol. The Balaban J connectivity index is 0.00000331. The molecule has 0 saturated carbocycles. The second-order valence-corrected chi connectivity index (χ2v) is 17.3. The molecule has 0 unspecified atom stereocenters. The van der Waals surface area contributed by atoms with Gasteiger partial charge in [0.1, 0.15) is 51.9 Å². The zero-order valence-corrected chi connectivity index (χ0v) is 43.7. The number of hydrogen-bond acceptors (Lipinski definition) is 19. The number of nitrogens with one attached hydrogen (secondary N) is 4. The topological polar surface area (TPSA) is 353 Å². The van der Waals surface area contributed by atoms with E-state index in [0.717, 1.165) is 60.7 Å². The number of amides is 2. The molecule has 300 valence electrons. The third-order valence-electron chi connectivity index (χ3n) is 8.00. The van der Waals surface area contributed by atoms with Crippen LogP contribution in [0.4, 0.5) is 27.5 Å². The molecule has 4 aromatic rings. The van der Waals surface area contributed by atoms with E-state index < -0.39 is 89.1 Å². The maximum atomic E-state index is 13.3. The molecule has 4 aromatic carbocycles. The summed E-state index contributed by atoms with van der Waals surface area (Å²) in [4.78, 5) is 36.3. The van der Waals surface area contributed by atoms with E-state index in [-0.39, 0.29) is 163 Å². The minimum Gasteiger partial charge on any atom is -0.744 e. The van der Waals surface area contributed by atoms with Crippen LogP contribution in [0.5, 0.6) is 0 Å². The van der Waals surface area contributed by atoms with Gasteiger partial charge in [0.15, 0.2) is 0 Å². The summed E-state index contributed by atoms with van der Waals surface area (Å²) in [6.45, 7) is 0. The van der Waals surface area contributed by atoms with Gasteiger partial charge in [-0.25, -0.2) is 38.5 Å². The average Bonchev–Trinajstić information content (AvgIpc) is 3.12. The van der Waals surface area contributed by atoms with E-state index in [0.29, 0.717) is 0 Å². The molecule has 0 spiro atoms. The summed E-state index contributed by atoms with van der Waals surface area (Å²) >= 11 is 0. The van der Waals surface area contributed by atoms with E-state index in [1.807, 2.05) is 0 Å². The summed E-state index contributed by atoms with van der Waals surface area (Å²) < 4.78 is 140.